The number of benzene rings is 1. The molecule has 1 aliphatic rings. The maximum Gasteiger partial charge on any atom is 0.306 e. The Morgan fingerprint density at radius 3 is 2.38 bits per heavy atom. The molecule has 5 nitrogen and oxygen atoms in total. The van der Waals surface area contributed by atoms with Gasteiger partial charge in [-0.1, -0.05) is 15.9 Å². The second-order valence-corrected chi connectivity index (χ2v) is 6.04. The van der Waals surface area contributed by atoms with E-state index in [9.17, 15) is 4.79 Å². The molecule has 2 rings (SSSR count). The van der Waals surface area contributed by atoms with Gasteiger partial charge in [0.1, 0.15) is 0 Å². The summed E-state index contributed by atoms with van der Waals surface area (Å²) >= 11 is 3.56. The van der Waals surface area contributed by atoms with Crippen LogP contribution in [0.25, 0.3) is 0 Å². The fourth-order valence-corrected chi connectivity index (χ4v) is 3.04. The summed E-state index contributed by atoms with van der Waals surface area (Å²) in [7, 11) is 3.23. The standard InChI is InChI=1S/C15H20BrNO4/c1-20-13-7-11(12(16)8-14(13)21-2)9-17-5-3-10(4-6-17)15(18)19/h7-8,10H,3-6,9H2,1-2H3,(H,18,19). The van der Waals surface area contributed by atoms with Gasteiger partial charge < -0.3 is 14.6 Å². The first-order valence-corrected chi connectivity index (χ1v) is 7.70. The summed E-state index contributed by atoms with van der Waals surface area (Å²) in [6.45, 7) is 2.38. The van der Waals surface area contributed by atoms with Crippen LogP contribution >= 0.6 is 15.9 Å². The van der Waals surface area contributed by atoms with Crippen molar-refractivity contribution in [2.75, 3.05) is 27.3 Å². The Morgan fingerprint density at radius 1 is 1.29 bits per heavy atom. The number of carbonyl (C=O) groups is 1. The molecule has 0 aliphatic carbocycles. The minimum absolute atomic E-state index is 0.199. The molecule has 1 fully saturated rings. The minimum Gasteiger partial charge on any atom is -0.493 e. The Hall–Kier alpha value is -1.27. The number of hydrogen-bond acceptors (Lipinski definition) is 4. The SMILES string of the molecule is COc1cc(Br)c(CN2CCC(C(=O)O)CC2)cc1OC. The first-order chi connectivity index (χ1) is 10.0. The highest BCUT2D eigenvalue weighted by atomic mass is 79.9. The van der Waals surface area contributed by atoms with Crippen LogP contribution in [0.15, 0.2) is 16.6 Å². The molecule has 116 valence electrons. The highest BCUT2D eigenvalue weighted by molar-refractivity contribution is 9.10. The normalized spacial score (nSPS) is 16.7. The molecule has 1 N–H and O–H groups in total. The molecule has 6 heteroatoms. The van der Waals surface area contributed by atoms with Gasteiger partial charge in [-0.05, 0) is 43.6 Å². The van der Waals surface area contributed by atoms with Gasteiger partial charge in [-0.2, -0.15) is 0 Å². The summed E-state index contributed by atoms with van der Waals surface area (Å²) in [5.41, 5.74) is 1.11. The number of carboxylic acids is 1. The Balaban J connectivity index is 2.05. The van der Waals surface area contributed by atoms with Gasteiger partial charge in [0.15, 0.2) is 11.5 Å². The molecule has 0 aromatic heterocycles. The van der Waals surface area contributed by atoms with Crippen LogP contribution in [-0.4, -0.2) is 43.3 Å². The largest absolute Gasteiger partial charge is 0.493 e. The highest BCUT2D eigenvalue weighted by Gasteiger charge is 2.25. The van der Waals surface area contributed by atoms with Crippen LogP contribution in [0.1, 0.15) is 18.4 Å². The van der Waals surface area contributed by atoms with E-state index in [-0.39, 0.29) is 5.92 Å². The van der Waals surface area contributed by atoms with Gasteiger partial charge in [-0.15, -0.1) is 0 Å². The van der Waals surface area contributed by atoms with Crippen LogP contribution in [0.2, 0.25) is 0 Å². The van der Waals surface area contributed by atoms with Crippen molar-refractivity contribution in [3.63, 3.8) is 0 Å². The molecule has 1 aromatic rings. The molecule has 1 heterocycles. The number of carboxylic acid groups (broad SMARTS) is 1. The van der Waals surface area contributed by atoms with E-state index in [0.29, 0.717) is 24.3 Å². The third-order valence-corrected chi connectivity index (χ3v) is 4.62. The molecule has 0 saturated carbocycles. The third kappa shape index (κ3) is 3.89. The number of likely N-dealkylation sites (tertiary alicyclic amines) is 1. The number of aliphatic carboxylic acids is 1. The maximum atomic E-state index is 11.0. The average Bonchev–Trinajstić information content (AvgIpc) is 2.49. The summed E-state index contributed by atoms with van der Waals surface area (Å²) in [5.74, 6) is 0.519. The van der Waals surface area contributed by atoms with Crippen LogP contribution in [0, 0.1) is 5.92 Å². The molecule has 0 radical (unpaired) electrons. The molecule has 1 aromatic carbocycles. The smallest absolute Gasteiger partial charge is 0.306 e. The van der Waals surface area contributed by atoms with Crippen molar-refractivity contribution in [3.8, 4) is 11.5 Å². The highest BCUT2D eigenvalue weighted by Crippen LogP contribution is 2.34. The number of piperidine rings is 1. The molecule has 21 heavy (non-hydrogen) atoms. The fraction of sp³-hybridized carbons (Fsp3) is 0.533. The van der Waals surface area contributed by atoms with E-state index in [1.165, 1.54) is 0 Å². The van der Waals surface area contributed by atoms with Crippen molar-refractivity contribution >= 4 is 21.9 Å². The Morgan fingerprint density at radius 2 is 1.86 bits per heavy atom. The lowest BCUT2D eigenvalue weighted by atomic mass is 9.97. The van der Waals surface area contributed by atoms with E-state index in [4.69, 9.17) is 14.6 Å². The summed E-state index contributed by atoms with van der Waals surface area (Å²) in [4.78, 5) is 13.2. The van der Waals surface area contributed by atoms with Gasteiger partial charge in [-0.3, -0.25) is 9.69 Å². The maximum absolute atomic E-state index is 11.0. The topological polar surface area (TPSA) is 59.0 Å². The summed E-state index contributed by atoms with van der Waals surface area (Å²) < 4.78 is 11.6. The zero-order valence-corrected chi connectivity index (χ0v) is 13.9. The Kier molecular flexibility index (Phi) is 5.47. The predicted octanol–water partition coefficient (Wildman–Crippen LogP) is 2.76. The molecule has 0 atom stereocenters. The monoisotopic (exact) mass is 357 g/mol. The van der Waals surface area contributed by atoms with E-state index >= 15 is 0 Å². The Labute approximate surface area is 133 Å². The number of rotatable bonds is 5. The lowest BCUT2D eigenvalue weighted by Gasteiger charge is -2.30. The molecule has 0 spiro atoms. The zero-order chi connectivity index (χ0) is 15.4. The van der Waals surface area contributed by atoms with Crippen molar-refractivity contribution in [1.82, 2.24) is 4.90 Å². The zero-order valence-electron chi connectivity index (χ0n) is 12.3. The summed E-state index contributed by atoms with van der Waals surface area (Å²) in [5, 5.41) is 9.03. The van der Waals surface area contributed by atoms with E-state index in [1.807, 2.05) is 12.1 Å². The minimum atomic E-state index is -0.679. The number of nitrogens with zero attached hydrogens (tertiary/aromatic N) is 1. The number of methoxy groups -OCH3 is 2. The quantitative estimate of drug-likeness (QED) is 0.877. The molecule has 0 unspecified atom stereocenters. The van der Waals surface area contributed by atoms with Crippen molar-refractivity contribution in [3.05, 3.63) is 22.2 Å². The molecule has 1 saturated heterocycles. The first kappa shape index (κ1) is 16.1. The number of ether oxygens (including phenoxy) is 2. The van der Waals surface area contributed by atoms with Crippen molar-refractivity contribution in [2.45, 2.75) is 19.4 Å². The Bertz CT molecular complexity index is 513. The fourth-order valence-electron chi connectivity index (χ4n) is 2.60. The van der Waals surface area contributed by atoms with E-state index in [2.05, 4.69) is 20.8 Å². The molecule has 0 bridgehead atoms. The predicted molar refractivity (Wildman–Crippen MR) is 82.9 cm³/mol. The van der Waals surface area contributed by atoms with E-state index < -0.39 is 5.97 Å². The van der Waals surface area contributed by atoms with Gasteiger partial charge in [0.05, 0.1) is 20.1 Å². The van der Waals surface area contributed by atoms with Gasteiger partial charge in [0.2, 0.25) is 0 Å². The third-order valence-electron chi connectivity index (χ3n) is 3.88. The van der Waals surface area contributed by atoms with Crippen LogP contribution in [0.5, 0.6) is 11.5 Å². The summed E-state index contributed by atoms with van der Waals surface area (Å²) in [6.07, 6.45) is 1.42. The first-order valence-electron chi connectivity index (χ1n) is 6.90. The lowest BCUT2D eigenvalue weighted by molar-refractivity contribution is -0.143. The van der Waals surface area contributed by atoms with Crippen LogP contribution < -0.4 is 9.47 Å². The van der Waals surface area contributed by atoms with Crippen LogP contribution in [0.4, 0.5) is 0 Å². The second-order valence-electron chi connectivity index (χ2n) is 5.19. The van der Waals surface area contributed by atoms with Gasteiger partial charge in [0, 0.05) is 11.0 Å². The summed E-state index contributed by atoms with van der Waals surface area (Å²) in [6, 6.07) is 3.87. The molecule has 1 aliphatic heterocycles. The molecule has 0 amide bonds. The molecular weight excluding hydrogens is 338 g/mol. The van der Waals surface area contributed by atoms with Gasteiger partial charge >= 0.3 is 5.97 Å². The number of hydrogen-bond donors (Lipinski definition) is 1. The van der Waals surface area contributed by atoms with Crippen LogP contribution in [0.3, 0.4) is 0 Å². The lowest BCUT2D eigenvalue weighted by Crippen LogP contribution is -2.35. The number of halogens is 1. The van der Waals surface area contributed by atoms with Gasteiger partial charge in [0.25, 0.3) is 0 Å². The molecular formula is C15H20BrNO4. The van der Waals surface area contributed by atoms with E-state index in [0.717, 1.165) is 29.7 Å². The van der Waals surface area contributed by atoms with Crippen molar-refractivity contribution < 1.29 is 19.4 Å². The van der Waals surface area contributed by atoms with E-state index in [1.54, 1.807) is 14.2 Å². The van der Waals surface area contributed by atoms with Gasteiger partial charge in [-0.25, -0.2) is 0 Å². The average molecular weight is 358 g/mol. The van der Waals surface area contributed by atoms with Crippen molar-refractivity contribution in [1.29, 1.82) is 0 Å². The van der Waals surface area contributed by atoms with Crippen LogP contribution in [-0.2, 0) is 11.3 Å². The van der Waals surface area contributed by atoms with Crippen molar-refractivity contribution in [2.24, 2.45) is 5.92 Å². The second kappa shape index (κ2) is 7.13.